The summed E-state index contributed by atoms with van der Waals surface area (Å²) < 4.78 is 1.69. The normalized spacial score (nSPS) is 10.5. The third kappa shape index (κ3) is 3.35. The number of nitrogens with one attached hydrogen (secondary N) is 2. The van der Waals surface area contributed by atoms with Crippen LogP contribution in [0.5, 0.6) is 5.75 Å². The van der Waals surface area contributed by atoms with Crippen LogP contribution in [-0.2, 0) is 11.3 Å². The molecule has 0 bridgehead atoms. The van der Waals surface area contributed by atoms with E-state index in [1.54, 1.807) is 53.2 Å². The zero-order chi connectivity index (χ0) is 17.1. The minimum absolute atomic E-state index is 0.0816. The first kappa shape index (κ1) is 15.5. The molecular formula is C17H16N4O3. The largest absolute Gasteiger partial charge is 0.504 e. The Bertz CT molecular complexity index is 917. The molecular weight excluding hydrogens is 308 g/mol. The average molecular weight is 324 g/mol. The Morgan fingerprint density at radius 1 is 1.25 bits per heavy atom. The highest BCUT2D eigenvalue weighted by Crippen LogP contribution is 2.17. The van der Waals surface area contributed by atoms with Gasteiger partial charge in [-0.25, -0.2) is 4.98 Å². The van der Waals surface area contributed by atoms with Gasteiger partial charge in [-0.1, -0.05) is 6.07 Å². The van der Waals surface area contributed by atoms with Gasteiger partial charge in [0.2, 0.25) is 5.91 Å². The molecule has 0 aliphatic heterocycles. The van der Waals surface area contributed by atoms with Gasteiger partial charge in [0.25, 0.3) is 5.91 Å². The van der Waals surface area contributed by atoms with Gasteiger partial charge in [0.1, 0.15) is 0 Å². The van der Waals surface area contributed by atoms with Crippen LogP contribution in [0.25, 0.3) is 5.65 Å². The summed E-state index contributed by atoms with van der Waals surface area (Å²) in [5, 5.41) is 15.1. The number of carbonyl (C=O) groups excluding carboxylic acids is 2. The number of hydrogen-bond acceptors (Lipinski definition) is 4. The Balaban J connectivity index is 1.70. The van der Waals surface area contributed by atoms with Gasteiger partial charge in [0, 0.05) is 30.6 Å². The topological polar surface area (TPSA) is 95.7 Å². The molecule has 3 N–H and O–H groups in total. The van der Waals surface area contributed by atoms with Crippen molar-refractivity contribution in [1.82, 2.24) is 14.7 Å². The number of imidazole rings is 1. The van der Waals surface area contributed by atoms with Gasteiger partial charge in [-0.05, 0) is 30.3 Å². The van der Waals surface area contributed by atoms with Gasteiger partial charge in [0.05, 0.1) is 12.2 Å². The Hall–Kier alpha value is -3.35. The molecule has 0 saturated carbocycles. The highest BCUT2D eigenvalue weighted by molar-refractivity contribution is 5.96. The van der Waals surface area contributed by atoms with Gasteiger partial charge in [-0.2, -0.15) is 0 Å². The fourth-order valence-corrected chi connectivity index (χ4v) is 2.35. The van der Waals surface area contributed by atoms with Crippen LogP contribution in [0.3, 0.4) is 0 Å². The first-order valence-electron chi connectivity index (χ1n) is 7.34. The summed E-state index contributed by atoms with van der Waals surface area (Å²) in [4.78, 5) is 27.6. The van der Waals surface area contributed by atoms with E-state index in [0.717, 1.165) is 0 Å². The monoisotopic (exact) mass is 324 g/mol. The second kappa shape index (κ2) is 6.41. The molecule has 24 heavy (non-hydrogen) atoms. The lowest BCUT2D eigenvalue weighted by Gasteiger charge is -2.06. The predicted octanol–water partition coefficient (Wildman–Crippen LogP) is 1.93. The Labute approximate surface area is 138 Å². The van der Waals surface area contributed by atoms with Crippen molar-refractivity contribution in [2.75, 3.05) is 5.32 Å². The van der Waals surface area contributed by atoms with Crippen molar-refractivity contribution < 1.29 is 14.7 Å². The van der Waals surface area contributed by atoms with Crippen molar-refractivity contribution in [2.24, 2.45) is 0 Å². The number of carbonyl (C=O) groups is 2. The number of amides is 2. The third-order valence-corrected chi connectivity index (χ3v) is 3.39. The van der Waals surface area contributed by atoms with Crippen LogP contribution < -0.4 is 10.6 Å². The van der Waals surface area contributed by atoms with E-state index >= 15 is 0 Å². The first-order valence-corrected chi connectivity index (χ1v) is 7.34. The maximum atomic E-state index is 12.2. The molecule has 3 rings (SSSR count). The minimum atomic E-state index is -0.275. The van der Waals surface area contributed by atoms with Crippen LogP contribution in [0, 0.1) is 0 Å². The van der Waals surface area contributed by atoms with Crippen LogP contribution in [0.15, 0.2) is 48.8 Å². The Morgan fingerprint density at radius 3 is 2.83 bits per heavy atom. The van der Waals surface area contributed by atoms with E-state index in [1.165, 1.54) is 6.92 Å². The van der Waals surface area contributed by atoms with Crippen molar-refractivity contribution in [3.05, 3.63) is 60.0 Å². The van der Waals surface area contributed by atoms with Gasteiger partial charge in [-0.3, -0.25) is 9.59 Å². The van der Waals surface area contributed by atoms with E-state index in [4.69, 9.17) is 0 Å². The van der Waals surface area contributed by atoms with Crippen LogP contribution in [0.2, 0.25) is 0 Å². The lowest BCUT2D eigenvalue weighted by atomic mass is 10.2. The quantitative estimate of drug-likeness (QED) is 0.683. The van der Waals surface area contributed by atoms with E-state index in [0.29, 0.717) is 22.6 Å². The lowest BCUT2D eigenvalue weighted by Crippen LogP contribution is -2.23. The van der Waals surface area contributed by atoms with Crippen molar-refractivity contribution in [2.45, 2.75) is 13.5 Å². The van der Waals surface area contributed by atoms with Crippen LogP contribution >= 0.6 is 0 Å². The molecule has 0 aliphatic carbocycles. The second-order valence-corrected chi connectivity index (χ2v) is 5.30. The summed E-state index contributed by atoms with van der Waals surface area (Å²) in [5.41, 5.74) is 2.07. The molecule has 1 aromatic carbocycles. The van der Waals surface area contributed by atoms with Gasteiger partial charge < -0.3 is 20.1 Å². The second-order valence-electron chi connectivity index (χ2n) is 5.30. The van der Waals surface area contributed by atoms with E-state index in [1.807, 2.05) is 0 Å². The molecule has 7 heteroatoms. The highest BCUT2D eigenvalue weighted by Gasteiger charge is 2.09. The number of hydrogen-bond donors (Lipinski definition) is 3. The minimum Gasteiger partial charge on any atom is -0.504 e. The number of aromatic nitrogens is 2. The number of aromatic hydroxyl groups is 1. The molecule has 2 amide bonds. The van der Waals surface area contributed by atoms with E-state index in [-0.39, 0.29) is 24.1 Å². The molecule has 0 radical (unpaired) electrons. The fraction of sp³-hybridized carbons (Fsp3) is 0.118. The molecule has 122 valence electrons. The molecule has 0 spiro atoms. The van der Waals surface area contributed by atoms with E-state index < -0.39 is 0 Å². The maximum absolute atomic E-state index is 12.2. The standard InChI is InChI=1S/C17H16N4O3/c1-11(22)19-13-5-2-4-12(8-13)17(24)18-9-14-10-21-7-3-6-15(23)16(21)20-14/h2-8,10,23H,9H2,1H3,(H,18,24)(H,19,22). The van der Waals surface area contributed by atoms with Crippen molar-refractivity contribution in [3.63, 3.8) is 0 Å². The summed E-state index contributed by atoms with van der Waals surface area (Å²) >= 11 is 0. The highest BCUT2D eigenvalue weighted by atomic mass is 16.3. The first-order chi connectivity index (χ1) is 11.5. The summed E-state index contributed by atoms with van der Waals surface area (Å²) in [6, 6.07) is 9.94. The van der Waals surface area contributed by atoms with Crippen molar-refractivity contribution >= 4 is 23.1 Å². The molecule has 0 atom stereocenters. The van der Waals surface area contributed by atoms with E-state index in [2.05, 4.69) is 15.6 Å². The predicted molar refractivity (Wildman–Crippen MR) is 88.8 cm³/mol. The summed E-state index contributed by atoms with van der Waals surface area (Å²) in [6.45, 7) is 1.63. The number of rotatable bonds is 4. The number of anilines is 1. The Morgan fingerprint density at radius 2 is 2.08 bits per heavy atom. The maximum Gasteiger partial charge on any atom is 0.251 e. The number of nitrogens with zero attached hydrogens (tertiary/aromatic N) is 2. The zero-order valence-electron chi connectivity index (χ0n) is 13.0. The molecule has 0 saturated heterocycles. The summed E-state index contributed by atoms with van der Waals surface area (Å²) in [6.07, 6.45) is 3.51. The summed E-state index contributed by atoms with van der Waals surface area (Å²) in [5.74, 6) is -0.390. The molecule has 3 aromatic rings. The van der Waals surface area contributed by atoms with Crippen LogP contribution in [0.4, 0.5) is 5.69 Å². The summed E-state index contributed by atoms with van der Waals surface area (Å²) in [7, 11) is 0. The molecule has 2 aromatic heterocycles. The van der Waals surface area contributed by atoms with Gasteiger partial charge in [0.15, 0.2) is 11.4 Å². The molecule has 2 heterocycles. The average Bonchev–Trinajstić information content (AvgIpc) is 2.97. The lowest BCUT2D eigenvalue weighted by molar-refractivity contribution is -0.114. The molecule has 7 nitrogen and oxygen atoms in total. The van der Waals surface area contributed by atoms with Crippen molar-refractivity contribution in [1.29, 1.82) is 0 Å². The van der Waals surface area contributed by atoms with Gasteiger partial charge >= 0.3 is 0 Å². The van der Waals surface area contributed by atoms with Crippen molar-refractivity contribution in [3.8, 4) is 5.75 Å². The Kier molecular flexibility index (Phi) is 4.15. The van der Waals surface area contributed by atoms with E-state index in [9.17, 15) is 14.7 Å². The van der Waals surface area contributed by atoms with Gasteiger partial charge in [-0.15, -0.1) is 0 Å². The van der Waals surface area contributed by atoms with Crippen LogP contribution in [0.1, 0.15) is 23.0 Å². The number of pyridine rings is 1. The third-order valence-electron chi connectivity index (χ3n) is 3.39. The smallest absolute Gasteiger partial charge is 0.251 e. The van der Waals surface area contributed by atoms with Crippen LogP contribution in [-0.4, -0.2) is 26.3 Å². The molecule has 0 fully saturated rings. The zero-order valence-corrected chi connectivity index (χ0v) is 13.0. The molecule has 0 aliphatic rings. The number of benzene rings is 1. The SMILES string of the molecule is CC(=O)Nc1cccc(C(=O)NCc2cn3cccc(O)c3n2)c1. The number of fused-ring (bicyclic) bond motifs is 1. The molecule has 0 unspecified atom stereocenters. The fourth-order valence-electron chi connectivity index (χ4n) is 2.35.